The number of H-pyrrole nitrogens is 1. The summed E-state index contributed by atoms with van der Waals surface area (Å²) in [6.45, 7) is -0.111. The summed E-state index contributed by atoms with van der Waals surface area (Å²) in [6, 6.07) is 0.872. The molecule has 0 spiro atoms. The molecule has 104 valence electrons. The minimum Gasteiger partial charge on any atom is -0.389 e. The number of nitro groups is 1. The van der Waals surface area contributed by atoms with Gasteiger partial charge >= 0.3 is 0 Å². The van der Waals surface area contributed by atoms with Crippen LogP contribution in [0.25, 0.3) is 0 Å². The van der Waals surface area contributed by atoms with Crippen LogP contribution in [0.5, 0.6) is 0 Å². The van der Waals surface area contributed by atoms with E-state index >= 15 is 0 Å². The molecule has 0 aliphatic heterocycles. The topological polar surface area (TPSA) is 135 Å². The highest BCUT2D eigenvalue weighted by Crippen LogP contribution is 2.07. The highest BCUT2D eigenvalue weighted by molar-refractivity contribution is 5.94. The van der Waals surface area contributed by atoms with E-state index in [0.717, 1.165) is 12.3 Å². The summed E-state index contributed by atoms with van der Waals surface area (Å²) in [5.41, 5.74) is -1.54. The summed E-state index contributed by atoms with van der Waals surface area (Å²) >= 11 is 0. The van der Waals surface area contributed by atoms with Crippen molar-refractivity contribution in [1.82, 2.24) is 10.3 Å². The number of aliphatic hydroxyl groups excluding tert-OH is 1. The average Bonchev–Trinajstić information content (AvgIpc) is 2.36. The van der Waals surface area contributed by atoms with E-state index in [1.165, 1.54) is 7.11 Å². The Labute approximate surface area is 107 Å². The third kappa shape index (κ3) is 4.16. The van der Waals surface area contributed by atoms with Crippen molar-refractivity contribution in [3.8, 4) is 0 Å². The predicted molar refractivity (Wildman–Crippen MR) is 63.9 cm³/mol. The quantitative estimate of drug-likeness (QED) is 0.449. The summed E-state index contributed by atoms with van der Waals surface area (Å²) in [5, 5.41) is 22.1. The molecule has 1 amide bonds. The molecule has 0 fully saturated rings. The van der Waals surface area contributed by atoms with Gasteiger partial charge in [-0.2, -0.15) is 0 Å². The molecule has 0 aliphatic rings. The number of hydrogen-bond acceptors (Lipinski definition) is 6. The van der Waals surface area contributed by atoms with E-state index in [4.69, 9.17) is 0 Å². The van der Waals surface area contributed by atoms with E-state index in [9.17, 15) is 24.8 Å². The van der Waals surface area contributed by atoms with Crippen LogP contribution in [-0.2, 0) is 4.74 Å². The summed E-state index contributed by atoms with van der Waals surface area (Å²) in [5.74, 6) is -0.805. The smallest absolute Gasteiger partial charge is 0.286 e. The minimum absolute atomic E-state index is 0.0194. The Hall–Kier alpha value is -2.26. The van der Waals surface area contributed by atoms with Crippen LogP contribution in [0, 0.1) is 10.1 Å². The number of ether oxygens (including phenoxy) is 1. The second kappa shape index (κ2) is 6.61. The zero-order chi connectivity index (χ0) is 14.4. The van der Waals surface area contributed by atoms with Gasteiger partial charge in [0, 0.05) is 19.7 Å². The third-order valence-electron chi connectivity index (χ3n) is 2.20. The number of nitrogens with one attached hydrogen (secondary N) is 2. The zero-order valence-electron chi connectivity index (χ0n) is 10.1. The standard InChI is InChI=1S/C10H13N3O6/c1-19-5-7(14)4-12-10(16)8-2-6(13(17)18)3-11-9(8)15/h2-3,7,14H,4-5H2,1H3,(H,11,15)(H,12,16). The summed E-state index contributed by atoms with van der Waals surface area (Å²) < 4.78 is 4.66. The van der Waals surface area contributed by atoms with Crippen LogP contribution in [0.4, 0.5) is 5.69 Å². The number of carbonyl (C=O) groups excluding carboxylic acids is 1. The lowest BCUT2D eigenvalue weighted by Gasteiger charge is -2.10. The Morgan fingerprint density at radius 3 is 2.95 bits per heavy atom. The Morgan fingerprint density at radius 1 is 1.68 bits per heavy atom. The molecule has 0 aromatic carbocycles. The Bertz CT molecular complexity index is 526. The van der Waals surface area contributed by atoms with E-state index in [0.29, 0.717) is 0 Å². The van der Waals surface area contributed by atoms with Gasteiger partial charge in [0.2, 0.25) is 0 Å². The second-order valence-corrected chi connectivity index (χ2v) is 3.68. The molecule has 0 saturated heterocycles. The van der Waals surface area contributed by atoms with E-state index in [1.54, 1.807) is 0 Å². The zero-order valence-corrected chi connectivity index (χ0v) is 10.1. The lowest BCUT2D eigenvalue weighted by molar-refractivity contribution is -0.385. The maximum atomic E-state index is 11.6. The first-order valence-corrected chi connectivity index (χ1v) is 5.28. The summed E-state index contributed by atoms with van der Waals surface area (Å²) in [6.07, 6.45) is -0.0227. The van der Waals surface area contributed by atoms with Crippen molar-refractivity contribution in [2.75, 3.05) is 20.3 Å². The number of nitrogens with zero attached hydrogens (tertiary/aromatic N) is 1. The monoisotopic (exact) mass is 271 g/mol. The molecule has 1 rings (SSSR count). The van der Waals surface area contributed by atoms with Crippen LogP contribution < -0.4 is 10.9 Å². The maximum Gasteiger partial charge on any atom is 0.286 e. The maximum absolute atomic E-state index is 11.6. The first kappa shape index (κ1) is 14.8. The number of hydrogen-bond donors (Lipinski definition) is 3. The average molecular weight is 271 g/mol. The minimum atomic E-state index is -0.924. The number of methoxy groups -OCH3 is 1. The van der Waals surface area contributed by atoms with Gasteiger partial charge in [0.05, 0.1) is 23.8 Å². The van der Waals surface area contributed by atoms with Crippen LogP contribution in [0.1, 0.15) is 10.4 Å². The van der Waals surface area contributed by atoms with Gasteiger partial charge in [-0.3, -0.25) is 19.7 Å². The van der Waals surface area contributed by atoms with Gasteiger partial charge in [0.1, 0.15) is 5.56 Å². The first-order valence-electron chi connectivity index (χ1n) is 5.28. The van der Waals surface area contributed by atoms with Crippen molar-refractivity contribution in [1.29, 1.82) is 0 Å². The lowest BCUT2D eigenvalue weighted by atomic mass is 10.2. The van der Waals surface area contributed by atoms with E-state index in [1.807, 2.05) is 0 Å². The molecule has 9 heteroatoms. The molecular weight excluding hydrogens is 258 g/mol. The molecule has 1 atom stereocenters. The molecule has 3 N–H and O–H groups in total. The van der Waals surface area contributed by atoms with Crippen LogP contribution in [-0.4, -0.2) is 47.3 Å². The molecule has 0 saturated carbocycles. The molecule has 0 radical (unpaired) electrons. The van der Waals surface area contributed by atoms with Gasteiger partial charge in [-0.05, 0) is 0 Å². The number of pyridine rings is 1. The van der Waals surface area contributed by atoms with Crippen molar-refractivity contribution in [3.63, 3.8) is 0 Å². The first-order chi connectivity index (χ1) is 8.95. The number of amides is 1. The van der Waals surface area contributed by atoms with Gasteiger partial charge in [0.25, 0.3) is 17.2 Å². The summed E-state index contributed by atoms with van der Waals surface area (Å²) in [7, 11) is 1.39. The van der Waals surface area contributed by atoms with Gasteiger partial charge in [-0.25, -0.2) is 0 Å². The normalized spacial score (nSPS) is 11.9. The van der Waals surface area contributed by atoms with E-state index < -0.39 is 28.2 Å². The molecular formula is C10H13N3O6. The lowest BCUT2D eigenvalue weighted by Crippen LogP contribution is -2.36. The number of carbonyl (C=O) groups is 1. The molecule has 0 bridgehead atoms. The number of aromatic nitrogens is 1. The van der Waals surface area contributed by atoms with Crippen LogP contribution in [0.3, 0.4) is 0 Å². The van der Waals surface area contributed by atoms with Crippen molar-refractivity contribution >= 4 is 11.6 Å². The highest BCUT2D eigenvalue weighted by Gasteiger charge is 2.16. The fraction of sp³-hybridized carbons (Fsp3) is 0.400. The number of aromatic amines is 1. The Kier molecular flexibility index (Phi) is 5.15. The van der Waals surface area contributed by atoms with Crippen molar-refractivity contribution in [2.24, 2.45) is 0 Å². The Balaban J connectivity index is 2.79. The summed E-state index contributed by atoms with van der Waals surface area (Å²) in [4.78, 5) is 34.9. The van der Waals surface area contributed by atoms with Crippen molar-refractivity contribution < 1.29 is 19.6 Å². The van der Waals surface area contributed by atoms with Gasteiger partial charge < -0.3 is 20.1 Å². The molecule has 9 nitrogen and oxygen atoms in total. The molecule has 1 aromatic heterocycles. The molecule has 1 aromatic rings. The number of rotatable bonds is 6. The fourth-order valence-electron chi connectivity index (χ4n) is 1.30. The highest BCUT2D eigenvalue weighted by atomic mass is 16.6. The van der Waals surface area contributed by atoms with Crippen molar-refractivity contribution in [3.05, 3.63) is 38.3 Å². The van der Waals surface area contributed by atoms with Crippen LogP contribution >= 0.6 is 0 Å². The third-order valence-corrected chi connectivity index (χ3v) is 2.20. The molecule has 1 unspecified atom stereocenters. The van der Waals surface area contributed by atoms with Crippen molar-refractivity contribution in [2.45, 2.75) is 6.10 Å². The van der Waals surface area contributed by atoms with Gasteiger partial charge in [-0.15, -0.1) is 0 Å². The predicted octanol–water partition coefficient (Wildman–Crippen LogP) is -0.980. The largest absolute Gasteiger partial charge is 0.389 e. The molecule has 0 aliphatic carbocycles. The molecule has 19 heavy (non-hydrogen) atoms. The van der Waals surface area contributed by atoms with E-state index in [-0.39, 0.29) is 18.7 Å². The van der Waals surface area contributed by atoms with Crippen LogP contribution in [0.15, 0.2) is 17.1 Å². The van der Waals surface area contributed by atoms with E-state index in [2.05, 4.69) is 15.0 Å². The fourth-order valence-corrected chi connectivity index (χ4v) is 1.30. The van der Waals surface area contributed by atoms with Gasteiger partial charge in [-0.1, -0.05) is 0 Å². The van der Waals surface area contributed by atoms with Gasteiger partial charge in [0.15, 0.2) is 0 Å². The second-order valence-electron chi connectivity index (χ2n) is 3.68. The van der Waals surface area contributed by atoms with Crippen LogP contribution in [0.2, 0.25) is 0 Å². The number of aliphatic hydroxyl groups is 1. The SMILES string of the molecule is COCC(O)CNC(=O)c1cc([N+](=O)[O-])c[nH]c1=O. The Morgan fingerprint density at radius 2 is 2.37 bits per heavy atom. The molecule has 1 heterocycles.